The van der Waals surface area contributed by atoms with Gasteiger partial charge in [-0.15, -0.1) is 4.52 Å². The molecule has 0 bridgehead atoms. The van der Waals surface area contributed by atoms with E-state index in [1.165, 1.54) is 10.7 Å². The SMILES string of the molecule is [C-]#[N+]c1cnc2c(NC3CC3)nc(Nc3cc(C#N)cc(CN4CCS(=O)(=O)CC4)c3Cl)nn12. The number of halogens is 1. The zero-order valence-corrected chi connectivity index (χ0v) is 19.6. The van der Waals surface area contributed by atoms with Crippen molar-refractivity contribution in [2.24, 2.45) is 0 Å². The lowest BCUT2D eigenvalue weighted by Crippen LogP contribution is -2.39. The smallest absolute Gasteiger partial charge is 0.275 e. The number of aromatic nitrogens is 4. The number of rotatable bonds is 6. The van der Waals surface area contributed by atoms with Crippen molar-refractivity contribution in [2.75, 3.05) is 35.2 Å². The summed E-state index contributed by atoms with van der Waals surface area (Å²) >= 11 is 6.70. The van der Waals surface area contributed by atoms with Crippen LogP contribution < -0.4 is 10.6 Å². The van der Waals surface area contributed by atoms with Gasteiger partial charge in [0.15, 0.2) is 15.7 Å². The first-order valence-electron chi connectivity index (χ1n) is 10.7. The van der Waals surface area contributed by atoms with Gasteiger partial charge in [0.1, 0.15) is 0 Å². The fraction of sp³-hybridized carbons (Fsp3) is 0.381. The molecule has 13 heteroatoms. The molecule has 0 atom stereocenters. The summed E-state index contributed by atoms with van der Waals surface area (Å²) in [5.74, 6) is 1.17. The number of hydrogen-bond donors (Lipinski definition) is 2. The minimum absolute atomic E-state index is 0.104. The summed E-state index contributed by atoms with van der Waals surface area (Å²) in [6.45, 7) is 8.62. The van der Waals surface area contributed by atoms with Crippen LogP contribution in [0.3, 0.4) is 0 Å². The summed E-state index contributed by atoms with van der Waals surface area (Å²) in [4.78, 5) is 14.3. The van der Waals surface area contributed by atoms with E-state index in [0.717, 1.165) is 12.8 Å². The van der Waals surface area contributed by atoms with Gasteiger partial charge < -0.3 is 15.5 Å². The van der Waals surface area contributed by atoms with Crippen molar-refractivity contribution in [1.29, 1.82) is 5.26 Å². The van der Waals surface area contributed by atoms with Crippen LogP contribution in [0.1, 0.15) is 24.0 Å². The molecule has 1 saturated heterocycles. The van der Waals surface area contributed by atoms with Gasteiger partial charge in [-0.3, -0.25) is 4.90 Å². The van der Waals surface area contributed by atoms with Gasteiger partial charge >= 0.3 is 0 Å². The number of fused-ring (bicyclic) bond motifs is 1. The summed E-state index contributed by atoms with van der Waals surface area (Å²) in [5.41, 5.74) is 2.00. The normalized spacial score (nSPS) is 17.7. The molecule has 2 N–H and O–H groups in total. The Balaban J connectivity index is 1.47. The van der Waals surface area contributed by atoms with Crippen LogP contribution in [0.4, 0.5) is 23.3 Å². The number of anilines is 3. The Hall–Kier alpha value is -3.45. The molecule has 0 radical (unpaired) electrons. The first kappa shape index (κ1) is 22.3. The molecule has 1 saturated carbocycles. The van der Waals surface area contributed by atoms with E-state index in [4.69, 9.17) is 18.2 Å². The minimum atomic E-state index is -3.00. The average Bonchev–Trinajstić information content (AvgIpc) is 3.53. The fourth-order valence-electron chi connectivity index (χ4n) is 3.74. The molecule has 1 aliphatic heterocycles. The molecule has 5 rings (SSSR count). The molecule has 2 fully saturated rings. The molecule has 3 aromatic rings. The molecule has 1 aromatic carbocycles. The third kappa shape index (κ3) is 4.61. The van der Waals surface area contributed by atoms with E-state index in [-0.39, 0.29) is 23.3 Å². The molecule has 11 nitrogen and oxygen atoms in total. The van der Waals surface area contributed by atoms with Crippen LogP contribution in [0.2, 0.25) is 5.02 Å². The van der Waals surface area contributed by atoms with Gasteiger partial charge in [-0.1, -0.05) is 23.3 Å². The Morgan fingerprint density at radius 1 is 1.29 bits per heavy atom. The first-order chi connectivity index (χ1) is 16.3. The number of nitriles is 1. The van der Waals surface area contributed by atoms with Gasteiger partial charge in [-0.05, 0) is 30.5 Å². The highest BCUT2D eigenvalue weighted by molar-refractivity contribution is 7.91. The summed E-state index contributed by atoms with van der Waals surface area (Å²) in [7, 11) is -3.00. The molecule has 0 unspecified atom stereocenters. The van der Waals surface area contributed by atoms with Crippen LogP contribution in [0.5, 0.6) is 0 Å². The molecule has 0 amide bonds. The van der Waals surface area contributed by atoms with Crippen molar-refractivity contribution < 1.29 is 8.42 Å². The van der Waals surface area contributed by atoms with Crippen molar-refractivity contribution >= 4 is 50.4 Å². The molecule has 3 heterocycles. The molecular weight excluding hydrogens is 478 g/mol. The maximum absolute atomic E-state index is 11.7. The zero-order chi connectivity index (χ0) is 23.9. The summed E-state index contributed by atoms with van der Waals surface area (Å²) in [5, 5.41) is 20.8. The Morgan fingerprint density at radius 2 is 2.06 bits per heavy atom. The Morgan fingerprint density at radius 3 is 2.74 bits per heavy atom. The molecule has 34 heavy (non-hydrogen) atoms. The fourth-order valence-corrected chi connectivity index (χ4v) is 5.23. The number of sulfone groups is 1. The standard InChI is InChI=1S/C21H20ClN9O2S/c1-24-17-11-25-20-19(26-15-2-3-15)28-21(29-31(17)20)27-16-9-13(10-23)8-14(18(16)22)12-30-4-6-34(32,33)7-5-30/h8-9,11,15H,2-7,12H2,(H2,26,27,28,29). The third-order valence-corrected chi connectivity index (χ3v) is 7.79. The summed E-state index contributed by atoms with van der Waals surface area (Å²) in [6, 6.07) is 5.76. The molecule has 0 spiro atoms. The number of imidazole rings is 1. The second-order valence-electron chi connectivity index (χ2n) is 8.33. The molecule has 2 aromatic heterocycles. The summed E-state index contributed by atoms with van der Waals surface area (Å²) < 4.78 is 24.9. The monoisotopic (exact) mass is 497 g/mol. The number of hydrogen-bond acceptors (Lipinski definition) is 9. The Bertz CT molecular complexity index is 1450. The maximum Gasteiger partial charge on any atom is 0.275 e. The van der Waals surface area contributed by atoms with Gasteiger partial charge in [0.05, 0.1) is 40.0 Å². The van der Waals surface area contributed by atoms with Crippen LogP contribution in [0.15, 0.2) is 18.3 Å². The van der Waals surface area contributed by atoms with Crippen LogP contribution in [0, 0.1) is 17.9 Å². The Labute approximate surface area is 201 Å². The summed E-state index contributed by atoms with van der Waals surface area (Å²) in [6.07, 6.45) is 3.51. The van der Waals surface area contributed by atoms with Gasteiger partial charge in [-0.2, -0.15) is 10.2 Å². The quantitative estimate of drug-likeness (QED) is 0.493. The molecule has 174 valence electrons. The van der Waals surface area contributed by atoms with E-state index in [1.807, 2.05) is 4.90 Å². The number of nitrogens with zero attached hydrogens (tertiary/aromatic N) is 7. The van der Waals surface area contributed by atoms with E-state index in [1.54, 1.807) is 12.1 Å². The van der Waals surface area contributed by atoms with E-state index in [2.05, 4.69) is 36.6 Å². The van der Waals surface area contributed by atoms with Crippen LogP contribution in [-0.2, 0) is 16.4 Å². The van der Waals surface area contributed by atoms with Gasteiger partial charge in [-0.25, -0.2) is 13.4 Å². The average molecular weight is 498 g/mol. The van der Waals surface area contributed by atoms with Crippen LogP contribution in [0.25, 0.3) is 10.5 Å². The maximum atomic E-state index is 11.7. The van der Waals surface area contributed by atoms with E-state index in [0.29, 0.717) is 59.0 Å². The van der Waals surface area contributed by atoms with Gasteiger partial charge in [0, 0.05) is 25.7 Å². The lowest BCUT2D eigenvalue weighted by atomic mass is 10.1. The Kier molecular flexibility index (Phi) is 5.73. The van der Waals surface area contributed by atoms with E-state index in [9.17, 15) is 13.7 Å². The van der Waals surface area contributed by atoms with Crippen LogP contribution >= 0.6 is 11.6 Å². The van der Waals surface area contributed by atoms with E-state index >= 15 is 0 Å². The minimum Gasteiger partial charge on any atom is -0.362 e. The van der Waals surface area contributed by atoms with Crippen molar-refractivity contribution in [3.05, 3.63) is 45.9 Å². The van der Waals surface area contributed by atoms with Crippen molar-refractivity contribution in [3.63, 3.8) is 0 Å². The molecular formula is C21H20ClN9O2S. The third-order valence-electron chi connectivity index (χ3n) is 5.73. The van der Waals surface area contributed by atoms with Crippen LogP contribution in [-0.4, -0.2) is 63.5 Å². The lowest BCUT2D eigenvalue weighted by molar-refractivity contribution is 0.288. The van der Waals surface area contributed by atoms with Crippen molar-refractivity contribution in [3.8, 4) is 6.07 Å². The second kappa shape index (κ2) is 8.72. The first-order valence-corrected chi connectivity index (χ1v) is 12.9. The number of nitrogens with one attached hydrogen (secondary N) is 2. The van der Waals surface area contributed by atoms with Crippen molar-refractivity contribution in [2.45, 2.75) is 25.4 Å². The highest BCUT2D eigenvalue weighted by Gasteiger charge is 2.26. The van der Waals surface area contributed by atoms with Gasteiger partial charge in [0.2, 0.25) is 0 Å². The topological polar surface area (TPSA) is 133 Å². The predicted octanol–water partition coefficient (Wildman–Crippen LogP) is 2.75. The highest BCUT2D eigenvalue weighted by atomic mass is 35.5. The van der Waals surface area contributed by atoms with Gasteiger partial charge in [0.25, 0.3) is 17.4 Å². The highest BCUT2D eigenvalue weighted by Crippen LogP contribution is 2.32. The predicted molar refractivity (Wildman–Crippen MR) is 127 cm³/mol. The second-order valence-corrected chi connectivity index (χ2v) is 11.0. The molecule has 2 aliphatic rings. The van der Waals surface area contributed by atoms with Crippen molar-refractivity contribution in [1.82, 2.24) is 24.5 Å². The lowest BCUT2D eigenvalue weighted by Gasteiger charge is -2.27. The van der Waals surface area contributed by atoms with E-state index < -0.39 is 9.84 Å². The largest absolute Gasteiger partial charge is 0.362 e. The number of benzene rings is 1. The zero-order valence-electron chi connectivity index (χ0n) is 18.0. The molecule has 1 aliphatic carbocycles.